The molecule has 4 N–H and O–H groups in total. The van der Waals surface area contributed by atoms with Crippen LogP contribution in [0, 0.1) is 0 Å². The Hall–Kier alpha value is -2.92. The number of hydrogen-bond acceptors (Lipinski definition) is 8. The van der Waals surface area contributed by atoms with E-state index >= 15 is 0 Å². The van der Waals surface area contributed by atoms with Crippen LogP contribution in [0.25, 0.3) is 0 Å². The van der Waals surface area contributed by atoms with Crippen LogP contribution in [0.15, 0.2) is 0 Å². The van der Waals surface area contributed by atoms with Crippen molar-refractivity contribution in [3.05, 3.63) is 11.6 Å². The number of nitrogens with one attached hydrogen (secondary N) is 4. The van der Waals surface area contributed by atoms with Crippen LogP contribution in [0.3, 0.4) is 0 Å². The van der Waals surface area contributed by atoms with Gasteiger partial charge in [0, 0.05) is 13.1 Å². The molecule has 0 fully saturated rings. The van der Waals surface area contributed by atoms with Crippen molar-refractivity contribution in [1.82, 2.24) is 51.9 Å². The van der Waals surface area contributed by atoms with Crippen molar-refractivity contribution in [2.45, 2.75) is 12.8 Å². The highest BCUT2D eigenvalue weighted by Crippen LogP contribution is 1.86. The third-order valence-electron chi connectivity index (χ3n) is 2.19. The second kappa shape index (κ2) is 6.86. The van der Waals surface area contributed by atoms with E-state index in [-0.39, 0.29) is 24.7 Å². The summed E-state index contributed by atoms with van der Waals surface area (Å²) in [5, 5.41) is 31.0. The van der Waals surface area contributed by atoms with Gasteiger partial charge < -0.3 is 10.6 Å². The van der Waals surface area contributed by atoms with Crippen molar-refractivity contribution in [3.8, 4) is 0 Å². The minimum atomic E-state index is -0.251. The molecule has 2 rings (SSSR count). The van der Waals surface area contributed by atoms with Gasteiger partial charge in [0.25, 0.3) is 0 Å². The van der Waals surface area contributed by atoms with Crippen LogP contribution in [-0.2, 0) is 22.4 Å². The Morgan fingerprint density at radius 2 is 1.30 bits per heavy atom. The number of aromatic amines is 2. The van der Waals surface area contributed by atoms with Crippen LogP contribution in [0.4, 0.5) is 0 Å². The summed E-state index contributed by atoms with van der Waals surface area (Å²) < 4.78 is 0. The second-order valence-corrected chi connectivity index (χ2v) is 3.71. The van der Waals surface area contributed by atoms with E-state index < -0.39 is 0 Å². The molecule has 2 aromatic rings. The first-order valence-electron chi connectivity index (χ1n) is 5.72. The Kier molecular flexibility index (Phi) is 4.64. The number of aromatic nitrogens is 8. The summed E-state index contributed by atoms with van der Waals surface area (Å²) in [6.07, 6.45) is 0.0701. The summed E-state index contributed by atoms with van der Waals surface area (Å²) in [4.78, 5) is 22.9. The zero-order valence-electron chi connectivity index (χ0n) is 10.3. The van der Waals surface area contributed by atoms with E-state index in [1.807, 2.05) is 0 Å². The molecule has 0 saturated heterocycles. The van der Waals surface area contributed by atoms with Crippen molar-refractivity contribution in [1.29, 1.82) is 0 Å². The Morgan fingerprint density at radius 3 is 1.65 bits per heavy atom. The SMILES string of the molecule is O=C(Cc1nn[nH]n1)NCCNC(=O)Cc1nn[nH]n1. The molecule has 106 valence electrons. The summed E-state index contributed by atoms with van der Waals surface area (Å²) in [6, 6.07) is 0. The van der Waals surface area contributed by atoms with Crippen LogP contribution in [0.5, 0.6) is 0 Å². The fourth-order valence-electron chi connectivity index (χ4n) is 1.33. The topological polar surface area (TPSA) is 167 Å². The molecule has 0 aliphatic rings. The summed E-state index contributed by atoms with van der Waals surface area (Å²) in [5.41, 5.74) is 0. The number of H-pyrrole nitrogens is 2. The molecule has 2 aromatic heterocycles. The van der Waals surface area contributed by atoms with Gasteiger partial charge in [-0.3, -0.25) is 9.59 Å². The predicted octanol–water partition coefficient (Wildman–Crippen LogP) is -3.27. The van der Waals surface area contributed by atoms with Gasteiger partial charge in [0.05, 0.1) is 12.8 Å². The molecule has 0 saturated carbocycles. The first-order chi connectivity index (χ1) is 9.74. The van der Waals surface area contributed by atoms with Crippen LogP contribution in [0.1, 0.15) is 11.6 Å². The van der Waals surface area contributed by atoms with E-state index in [0.29, 0.717) is 24.7 Å². The van der Waals surface area contributed by atoms with Gasteiger partial charge in [-0.25, -0.2) is 0 Å². The first-order valence-corrected chi connectivity index (χ1v) is 5.72. The fourth-order valence-corrected chi connectivity index (χ4v) is 1.33. The van der Waals surface area contributed by atoms with E-state index in [1.54, 1.807) is 0 Å². The van der Waals surface area contributed by atoms with Gasteiger partial charge >= 0.3 is 0 Å². The molecule has 12 nitrogen and oxygen atoms in total. The van der Waals surface area contributed by atoms with Gasteiger partial charge in [-0.15, -0.1) is 20.4 Å². The molecular formula is C8H12N10O2. The summed E-state index contributed by atoms with van der Waals surface area (Å²) in [7, 11) is 0. The molecule has 2 amide bonds. The molecule has 0 spiro atoms. The van der Waals surface area contributed by atoms with E-state index in [0.717, 1.165) is 0 Å². The molecular weight excluding hydrogens is 268 g/mol. The second-order valence-electron chi connectivity index (χ2n) is 3.71. The number of nitrogens with zero attached hydrogens (tertiary/aromatic N) is 6. The van der Waals surface area contributed by atoms with Gasteiger partial charge in [0.15, 0.2) is 11.6 Å². The molecule has 0 aliphatic carbocycles. The lowest BCUT2D eigenvalue weighted by molar-refractivity contribution is -0.122. The van der Waals surface area contributed by atoms with Gasteiger partial charge in [-0.2, -0.15) is 10.4 Å². The highest BCUT2D eigenvalue weighted by Gasteiger charge is 2.08. The lowest BCUT2D eigenvalue weighted by Crippen LogP contribution is -2.36. The van der Waals surface area contributed by atoms with Gasteiger partial charge in [0.2, 0.25) is 11.8 Å². The summed E-state index contributed by atoms with van der Waals surface area (Å²) in [5.74, 6) is 0.116. The molecule has 0 unspecified atom stereocenters. The maximum atomic E-state index is 11.4. The third kappa shape index (κ3) is 4.40. The molecule has 0 aromatic carbocycles. The maximum absolute atomic E-state index is 11.4. The van der Waals surface area contributed by atoms with Gasteiger partial charge in [-0.1, -0.05) is 10.4 Å². The molecule has 0 bridgehead atoms. The normalized spacial score (nSPS) is 10.2. The minimum Gasteiger partial charge on any atom is -0.354 e. The highest BCUT2D eigenvalue weighted by atomic mass is 16.2. The Morgan fingerprint density at radius 1 is 0.850 bits per heavy atom. The van der Waals surface area contributed by atoms with E-state index in [4.69, 9.17) is 0 Å². The van der Waals surface area contributed by atoms with Crippen molar-refractivity contribution in [2.24, 2.45) is 0 Å². The molecule has 0 atom stereocenters. The largest absolute Gasteiger partial charge is 0.354 e. The Labute approximate surface area is 112 Å². The third-order valence-corrected chi connectivity index (χ3v) is 2.19. The molecule has 0 radical (unpaired) electrons. The number of rotatable bonds is 7. The number of amides is 2. The standard InChI is InChI=1S/C8H12N10O2/c19-7(3-5-11-15-16-12-5)9-1-2-10-8(20)4-6-13-17-18-14-6/h1-4H2,(H,9,19)(H,10,20)(H,11,12,15,16)(H,13,14,17,18). The van der Waals surface area contributed by atoms with Gasteiger partial charge in [0.1, 0.15) is 0 Å². The smallest absolute Gasteiger partial charge is 0.227 e. The number of carbonyl (C=O) groups is 2. The quantitative estimate of drug-likeness (QED) is 0.383. The van der Waals surface area contributed by atoms with Crippen molar-refractivity contribution >= 4 is 11.8 Å². The van der Waals surface area contributed by atoms with Crippen LogP contribution < -0.4 is 10.6 Å². The monoisotopic (exact) mass is 280 g/mol. The molecule has 0 aliphatic heterocycles. The van der Waals surface area contributed by atoms with E-state index in [9.17, 15) is 9.59 Å². The van der Waals surface area contributed by atoms with Gasteiger partial charge in [-0.05, 0) is 0 Å². The molecule has 2 heterocycles. The average molecular weight is 280 g/mol. The number of hydrogen-bond donors (Lipinski definition) is 4. The molecule has 12 heteroatoms. The van der Waals surface area contributed by atoms with E-state index in [2.05, 4.69) is 51.9 Å². The highest BCUT2D eigenvalue weighted by molar-refractivity contribution is 5.78. The zero-order valence-corrected chi connectivity index (χ0v) is 10.3. The van der Waals surface area contributed by atoms with Crippen molar-refractivity contribution in [3.63, 3.8) is 0 Å². The fraction of sp³-hybridized carbons (Fsp3) is 0.500. The molecule has 20 heavy (non-hydrogen) atoms. The summed E-state index contributed by atoms with van der Waals surface area (Å²) in [6.45, 7) is 0.601. The van der Waals surface area contributed by atoms with E-state index in [1.165, 1.54) is 0 Å². The van der Waals surface area contributed by atoms with Crippen molar-refractivity contribution < 1.29 is 9.59 Å². The van der Waals surface area contributed by atoms with Crippen LogP contribution >= 0.6 is 0 Å². The van der Waals surface area contributed by atoms with Crippen LogP contribution in [0.2, 0.25) is 0 Å². The average Bonchev–Trinajstić information content (AvgIpc) is 3.08. The first kappa shape index (κ1) is 13.5. The lowest BCUT2D eigenvalue weighted by Gasteiger charge is -2.05. The van der Waals surface area contributed by atoms with Crippen molar-refractivity contribution in [2.75, 3.05) is 13.1 Å². The summed E-state index contributed by atoms with van der Waals surface area (Å²) >= 11 is 0. The zero-order chi connectivity index (χ0) is 14.2. The maximum Gasteiger partial charge on any atom is 0.227 e. The van der Waals surface area contributed by atoms with Crippen LogP contribution in [-0.4, -0.2) is 66.2 Å². The number of carbonyl (C=O) groups excluding carboxylic acids is 2. The number of tetrazole rings is 2. The Bertz CT molecular complexity index is 485. The lowest BCUT2D eigenvalue weighted by atomic mass is 10.3. The Balaban J connectivity index is 1.57. The predicted molar refractivity (Wildman–Crippen MR) is 61.8 cm³/mol. The minimum absolute atomic E-state index is 0.0350.